The number of hydrogen-bond acceptors (Lipinski definition) is 6. The van der Waals surface area contributed by atoms with Crippen LogP contribution in [0.4, 0.5) is 11.8 Å². The molecule has 0 spiro atoms. The lowest BCUT2D eigenvalue weighted by atomic mass is 9.98. The second kappa shape index (κ2) is 6.16. The highest BCUT2D eigenvalue weighted by Gasteiger charge is 2.26. The third-order valence-corrected chi connectivity index (χ3v) is 5.40. The van der Waals surface area contributed by atoms with E-state index in [-0.39, 0.29) is 5.95 Å². The van der Waals surface area contributed by atoms with Crippen molar-refractivity contribution in [3.63, 3.8) is 0 Å². The average Bonchev–Trinajstić information content (AvgIpc) is 3.00. The van der Waals surface area contributed by atoms with Gasteiger partial charge in [0.15, 0.2) is 0 Å². The molecular weight excluding hydrogens is 338 g/mol. The fourth-order valence-electron chi connectivity index (χ4n) is 4.11. The molecule has 3 aliphatic rings. The molecule has 2 aliphatic carbocycles. The SMILES string of the molecule is Nc1nc(N)c2c(CN3C4=CC=CCC4=CCC4=C3CC=CC4)coc2n1. The van der Waals surface area contributed by atoms with E-state index in [0.717, 1.165) is 36.6 Å². The van der Waals surface area contributed by atoms with Gasteiger partial charge in [-0.1, -0.05) is 30.4 Å². The van der Waals surface area contributed by atoms with Gasteiger partial charge in [0.1, 0.15) is 5.82 Å². The molecule has 0 saturated heterocycles. The second-order valence-corrected chi connectivity index (χ2v) is 7.04. The van der Waals surface area contributed by atoms with E-state index in [1.54, 1.807) is 6.26 Å². The summed E-state index contributed by atoms with van der Waals surface area (Å²) in [5.74, 6) is 0.491. The summed E-state index contributed by atoms with van der Waals surface area (Å²) in [6.45, 7) is 0.661. The molecule has 6 nitrogen and oxygen atoms in total. The summed E-state index contributed by atoms with van der Waals surface area (Å²) in [4.78, 5) is 10.7. The molecular formula is C21H21N5O. The highest BCUT2D eigenvalue weighted by molar-refractivity contribution is 5.88. The van der Waals surface area contributed by atoms with E-state index in [1.165, 1.54) is 22.5 Å². The first-order chi connectivity index (χ1) is 13.2. The summed E-state index contributed by atoms with van der Waals surface area (Å²) in [5, 5.41) is 0.749. The molecule has 0 aromatic carbocycles. The lowest BCUT2D eigenvalue weighted by Crippen LogP contribution is -2.24. The number of allylic oxidation sites excluding steroid dienone is 8. The molecule has 0 radical (unpaired) electrons. The van der Waals surface area contributed by atoms with Gasteiger partial charge in [-0.2, -0.15) is 9.97 Å². The third kappa shape index (κ3) is 2.65. The normalized spacial score (nSPS) is 18.9. The molecule has 0 fully saturated rings. The number of nitrogen functional groups attached to an aromatic ring is 2. The largest absolute Gasteiger partial charge is 0.446 e. The summed E-state index contributed by atoms with van der Waals surface area (Å²) in [5.41, 5.74) is 18.7. The first kappa shape index (κ1) is 15.9. The Morgan fingerprint density at radius 1 is 1.04 bits per heavy atom. The van der Waals surface area contributed by atoms with Gasteiger partial charge in [0.25, 0.3) is 0 Å². The first-order valence-corrected chi connectivity index (χ1v) is 9.19. The van der Waals surface area contributed by atoms with E-state index in [0.29, 0.717) is 18.1 Å². The maximum atomic E-state index is 6.13. The van der Waals surface area contributed by atoms with E-state index in [2.05, 4.69) is 51.3 Å². The minimum absolute atomic E-state index is 0.128. The zero-order valence-corrected chi connectivity index (χ0v) is 15.0. The molecule has 0 saturated carbocycles. The van der Waals surface area contributed by atoms with Crippen molar-refractivity contribution in [1.82, 2.24) is 14.9 Å². The lowest BCUT2D eigenvalue weighted by Gasteiger charge is -2.32. The molecule has 0 unspecified atom stereocenters. The first-order valence-electron chi connectivity index (χ1n) is 9.19. The topological polar surface area (TPSA) is 94.2 Å². The summed E-state index contributed by atoms with van der Waals surface area (Å²) in [7, 11) is 0. The van der Waals surface area contributed by atoms with Crippen LogP contribution in [0.1, 0.15) is 31.2 Å². The number of nitrogens with zero attached hydrogens (tertiary/aromatic N) is 3. The van der Waals surface area contributed by atoms with E-state index in [9.17, 15) is 0 Å². The fourth-order valence-corrected chi connectivity index (χ4v) is 4.11. The Bertz CT molecular complexity index is 1080. The van der Waals surface area contributed by atoms with Crippen molar-refractivity contribution in [3.8, 4) is 0 Å². The molecule has 0 atom stereocenters. The van der Waals surface area contributed by atoms with Crippen LogP contribution in [-0.4, -0.2) is 14.9 Å². The van der Waals surface area contributed by atoms with Crippen LogP contribution < -0.4 is 11.5 Å². The van der Waals surface area contributed by atoms with Crippen LogP contribution in [0.2, 0.25) is 0 Å². The predicted octanol–water partition coefficient (Wildman–Crippen LogP) is 3.97. The highest BCUT2D eigenvalue weighted by atomic mass is 16.3. The molecule has 0 bridgehead atoms. The molecule has 0 amide bonds. The van der Waals surface area contributed by atoms with Crippen LogP contribution in [0.25, 0.3) is 11.1 Å². The standard InChI is InChI=1S/C21H21N5O/c22-19-18-15(12-27-20(18)25-21(23)24-19)11-26-16-7-3-1-5-13(16)9-10-14-6-2-4-8-17(14)26/h1-4,7,9,12H,5-6,8,10-11H2,(H4,22,23,24,25). The lowest BCUT2D eigenvalue weighted by molar-refractivity contribution is 0.410. The van der Waals surface area contributed by atoms with Crippen molar-refractivity contribution in [3.05, 3.63) is 70.8 Å². The zero-order chi connectivity index (χ0) is 18.4. The summed E-state index contributed by atoms with van der Waals surface area (Å²) in [6, 6.07) is 0. The van der Waals surface area contributed by atoms with Crippen LogP contribution in [-0.2, 0) is 6.54 Å². The van der Waals surface area contributed by atoms with Gasteiger partial charge >= 0.3 is 0 Å². The zero-order valence-electron chi connectivity index (χ0n) is 15.0. The molecule has 4 N–H and O–H groups in total. The number of anilines is 2. The minimum Gasteiger partial charge on any atom is -0.446 e. The van der Waals surface area contributed by atoms with Crippen LogP contribution >= 0.6 is 0 Å². The van der Waals surface area contributed by atoms with Crippen molar-refractivity contribution in [1.29, 1.82) is 0 Å². The van der Waals surface area contributed by atoms with Crippen molar-refractivity contribution in [2.75, 3.05) is 11.5 Å². The summed E-state index contributed by atoms with van der Waals surface area (Å²) < 4.78 is 5.64. The van der Waals surface area contributed by atoms with Crippen molar-refractivity contribution < 1.29 is 4.42 Å². The van der Waals surface area contributed by atoms with Crippen LogP contribution in [0.15, 0.2) is 69.7 Å². The Morgan fingerprint density at radius 2 is 1.93 bits per heavy atom. The van der Waals surface area contributed by atoms with Crippen LogP contribution in [0, 0.1) is 0 Å². The number of nitrogens with two attached hydrogens (primary N) is 2. The molecule has 6 heteroatoms. The third-order valence-electron chi connectivity index (χ3n) is 5.40. The van der Waals surface area contributed by atoms with Gasteiger partial charge in [-0.15, -0.1) is 0 Å². The van der Waals surface area contributed by atoms with E-state index >= 15 is 0 Å². The van der Waals surface area contributed by atoms with E-state index in [4.69, 9.17) is 15.9 Å². The van der Waals surface area contributed by atoms with Crippen molar-refractivity contribution in [2.24, 2.45) is 0 Å². The smallest absolute Gasteiger partial charge is 0.233 e. The Balaban J connectivity index is 1.62. The Hall–Kier alpha value is -3.28. The fraction of sp³-hybridized carbons (Fsp3) is 0.238. The van der Waals surface area contributed by atoms with Gasteiger partial charge in [0.05, 0.1) is 18.2 Å². The summed E-state index contributed by atoms with van der Waals surface area (Å²) >= 11 is 0. The van der Waals surface area contributed by atoms with Crippen LogP contribution in [0.3, 0.4) is 0 Å². The average molecular weight is 359 g/mol. The molecule has 1 aliphatic heterocycles. The molecule has 136 valence electrons. The monoisotopic (exact) mass is 359 g/mol. The van der Waals surface area contributed by atoms with Gasteiger partial charge in [-0.05, 0) is 36.5 Å². The van der Waals surface area contributed by atoms with Crippen molar-refractivity contribution in [2.45, 2.75) is 32.2 Å². The second-order valence-electron chi connectivity index (χ2n) is 7.04. The Labute approximate surface area is 157 Å². The number of fused-ring (bicyclic) bond motifs is 2. The van der Waals surface area contributed by atoms with Gasteiger partial charge in [0, 0.05) is 23.4 Å². The molecule has 2 aromatic rings. The van der Waals surface area contributed by atoms with Gasteiger partial charge in [-0.25, -0.2) is 0 Å². The number of hydrogen-bond donors (Lipinski definition) is 2. The van der Waals surface area contributed by atoms with Gasteiger partial charge in [-0.3, -0.25) is 0 Å². The number of rotatable bonds is 2. The number of furan rings is 1. The van der Waals surface area contributed by atoms with E-state index < -0.39 is 0 Å². The Morgan fingerprint density at radius 3 is 2.85 bits per heavy atom. The molecule has 5 rings (SSSR count). The molecule has 3 heterocycles. The predicted molar refractivity (Wildman–Crippen MR) is 106 cm³/mol. The van der Waals surface area contributed by atoms with Gasteiger partial charge in [0.2, 0.25) is 11.7 Å². The maximum Gasteiger partial charge on any atom is 0.233 e. The van der Waals surface area contributed by atoms with E-state index in [1.807, 2.05) is 0 Å². The van der Waals surface area contributed by atoms with Gasteiger partial charge < -0.3 is 20.8 Å². The maximum absolute atomic E-state index is 6.13. The van der Waals surface area contributed by atoms with Crippen molar-refractivity contribution >= 4 is 22.9 Å². The Kier molecular flexibility index (Phi) is 3.63. The van der Waals surface area contributed by atoms with Crippen LogP contribution in [0.5, 0.6) is 0 Å². The molecule has 27 heavy (non-hydrogen) atoms. The minimum atomic E-state index is 0.128. The highest BCUT2D eigenvalue weighted by Crippen LogP contribution is 2.39. The molecule has 2 aromatic heterocycles. The number of aromatic nitrogens is 2. The quantitative estimate of drug-likeness (QED) is 0.788. The summed E-state index contributed by atoms with van der Waals surface area (Å²) in [6.07, 6.45) is 19.1.